The van der Waals surface area contributed by atoms with Crippen LogP contribution in [0.2, 0.25) is 0 Å². The maximum atomic E-state index is 5.27. The predicted octanol–water partition coefficient (Wildman–Crippen LogP) is 4.57. The Labute approximate surface area is 142 Å². The van der Waals surface area contributed by atoms with Crippen LogP contribution in [0.1, 0.15) is 17.2 Å². The second-order valence-corrected chi connectivity index (χ2v) is 6.67. The van der Waals surface area contributed by atoms with E-state index in [4.69, 9.17) is 4.74 Å². The van der Waals surface area contributed by atoms with E-state index in [9.17, 15) is 0 Å². The molecule has 2 aromatic rings. The average molecular weight is 446 g/mol. The van der Waals surface area contributed by atoms with Crippen LogP contribution in [0, 0.1) is 3.57 Å². The monoisotopic (exact) mass is 445 g/mol. The Bertz CT molecular complexity index is 588. The molecule has 4 heteroatoms. The van der Waals surface area contributed by atoms with E-state index in [0.29, 0.717) is 6.04 Å². The number of hydrogen-bond donors (Lipinski definition) is 1. The van der Waals surface area contributed by atoms with Gasteiger partial charge in [-0.3, -0.25) is 0 Å². The minimum atomic E-state index is 0.310. The first-order valence-corrected chi connectivity index (χ1v) is 8.26. The molecule has 2 nitrogen and oxygen atoms in total. The summed E-state index contributed by atoms with van der Waals surface area (Å²) < 4.78 is 7.52. The maximum Gasteiger partial charge on any atom is 0.133 e. The van der Waals surface area contributed by atoms with Crippen molar-refractivity contribution in [3.8, 4) is 5.75 Å². The highest BCUT2D eigenvalue weighted by Gasteiger charge is 2.11. The van der Waals surface area contributed by atoms with E-state index in [-0.39, 0.29) is 0 Å². The van der Waals surface area contributed by atoms with Crippen LogP contribution in [-0.2, 0) is 6.42 Å². The van der Waals surface area contributed by atoms with Gasteiger partial charge in [-0.25, -0.2) is 0 Å². The lowest BCUT2D eigenvalue weighted by Crippen LogP contribution is -2.18. The lowest BCUT2D eigenvalue weighted by Gasteiger charge is -2.17. The summed E-state index contributed by atoms with van der Waals surface area (Å²) in [5.74, 6) is 0.865. The molecule has 0 fully saturated rings. The summed E-state index contributed by atoms with van der Waals surface area (Å²) in [6.07, 6.45) is 0.944. The molecule has 1 atom stereocenters. The molecule has 0 radical (unpaired) electrons. The average Bonchev–Trinajstić information content (AvgIpc) is 2.45. The van der Waals surface area contributed by atoms with Crippen LogP contribution in [0.5, 0.6) is 5.75 Å². The summed E-state index contributed by atoms with van der Waals surface area (Å²) in [4.78, 5) is 0. The molecule has 0 heterocycles. The van der Waals surface area contributed by atoms with Crippen LogP contribution < -0.4 is 10.1 Å². The summed E-state index contributed by atoms with van der Waals surface area (Å²) in [6.45, 7) is 0. The largest absolute Gasteiger partial charge is 0.496 e. The second-order valence-electron chi connectivity index (χ2n) is 4.57. The fraction of sp³-hybridized carbons (Fsp3) is 0.250. The minimum Gasteiger partial charge on any atom is -0.496 e. The lowest BCUT2D eigenvalue weighted by molar-refractivity contribution is 0.412. The molecule has 0 saturated heterocycles. The van der Waals surface area contributed by atoms with Gasteiger partial charge < -0.3 is 10.1 Å². The number of nitrogens with one attached hydrogen (secondary N) is 1. The Morgan fingerprint density at radius 3 is 2.65 bits per heavy atom. The second kappa shape index (κ2) is 7.43. The molecule has 20 heavy (non-hydrogen) atoms. The van der Waals surface area contributed by atoms with E-state index in [2.05, 4.69) is 80.2 Å². The summed E-state index contributed by atoms with van der Waals surface area (Å²) in [6, 6.07) is 15.2. The highest BCUT2D eigenvalue weighted by Crippen LogP contribution is 2.28. The van der Waals surface area contributed by atoms with Gasteiger partial charge in [0.15, 0.2) is 0 Å². The first-order valence-electron chi connectivity index (χ1n) is 6.39. The summed E-state index contributed by atoms with van der Waals surface area (Å²) in [5.41, 5.74) is 2.59. The number of benzene rings is 2. The van der Waals surface area contributed by atoms with Gasteiger partial charge in [-0.05, 0) is 87.4 Å². The molecule has 1 unspecified atom stereocenters. The summed E-state index contributed by atoms with van der Waals surface area (Å²) >= 11 is 5.89. The summed E-state index contributed by atoms with van der Waals surface area (Å²) in [5, 5.41) is 3.39. The molecule has 0 spiro atoms. The van der Waals surface area contributed by atoms with Gasteiger partial charge >= 0.3 is 0 Å². The highest BCUT2D eigenvalue weighted by molar-refractivity contribution is 14.1. The molecular formula is C16H17BrINO. The van der Waals surface area contributed by atoms with Gasteiger partial charge in [-0.1, -0.05) is 18.2 Å². The van der Waals surface area contributed by atoms with Crippen LogP contribution in [0.3, 0.4) is 0 Å². The number of rotatable bonds is 5. The van der Waals surface area contributed by atoms with Gasteiger partial charge in [0, 0.05) is 9.61 Å². The Kier molecular flexibility index (Phi) is 5.86. The molecule has 0 aliphatic rings. The minimum absolute atomic E-state index is 0.310. The standard InChI is InChI=1S/C16H17BrINO/c1-19-15(12-4-3-5-13(18)10-12)9-11-6-7-16(20-2)14(17)8-11/h3-8,10,15,19H,9H2,1-2H3. The van der Waals surface area contributed by atoms with E-state index in [1.807, 2.05) is 13.1 Å². The van der Waals surface area contributed by atoms with Crippen LogP contribution >= 0.6 is 38.5 Å². The predicted molar refractivity (Wildman–Crippen MR) is 95.4 cm³/mol. The Balaban J connectivity index is 2.20. The SMILES string of the molecule is CNC(Cc1ccc(OC)c(Br)c1)c1cccc(I)c1. The van der Waals surface area contributed by atoms with E-state index in [0.717, 1.165) is 16.6 Å². The molecule has 2 aromatic carbocycles. The van der Waals surface area contributed by atoms with Crippen molar-refractivity contribution in [3.05, 3.63) is 61.6 Å². The van der Waals surface area contributed by atoms with Crippen LogP contribution in [0.15, 0.2) is 46.9 Å². The van der Waals surface area contributed by atoms with Crippen molar-refractivity contribution >= 4 is 38.5 Å². The van der Waals surface area contributed by atoms with E-state index in [1.54, 1.807) is 7.11 Å². The third-order valence-corrected chi connectivity index (χ3v) is 4.55. The molecule has 0 amide bonds. The zero-order valence-electron chi connectivity index (χ0n) is 11.5. The molecule has 0 saturated carbocycles. The topological polar surface area (TPSA) is 21.3 Å². The normalized spacial score (nSPS) is 12.2. The summed E-state index contributed by atoms with van der Waals surface area (Å²) in [7, 11) is 3.69. The van der Waals surface area contributed by atoms with Crippen molar-refractivity contribution in [1.82, 2.24) is 5.32 Å². The number of likely N-dealkylation sites (N-methyl/N-ethyl adjacent to an activating group) is 1. The first-order chi connectivity index (χ1) is 9.63. The molecule has 0 aliphatic carbocycles. The number of ether oxygens (including phenoxy) is 1. The Morgan fingerprint density at radius 1 is 1.25 bits per heavy atom. The van der Waals surface area contributed by atoms with Crippen LogP contribution in [0.25, 0.3) is 0 Å². The molecule has 0 aliphatic heterocycles. The third-order valence-electron chi connectivity index (χ3n) is 3.26. The van der Waals surface area contributed by atoms with E-state index < -0.39 is 0 Å². The molecule has 0 bridgehead atoms. The zero-order valence-corrected chi connectivity index (χ0v) is 15.2. The molecule has 2 rings (SSSR count). The number of halogens is 2. The van der Waals surface area contributed by atoms with Gasteiger partial charge in [-0.15, -0.1) is 0 Å². The van der Waals surface area contributed by atoms with Crippen molar-refractivity contribution in [2.24, 2.45) is 0 Å². The third kappa shape index (κ3) is 3.96. The number of hydrogen-bond acceptors (Lipinski definition) is 2. The molecule has 1 N–H and O–H groups in total. The van der Waals surface area contributed by atoms with Gasteiger partial charge in [0.2, 0.25) is 0 Å². The van der Waals surface area contributed by atoms with Crippen molar-refractivity contribution in [2.75, 3.05) is 14.2 Å². The van der Waals surface area contributed by atoms with Gasteiger partial charge in [-0.2, -0.15) is 0 Å². The van der Waals surface area contributed by atoms with Gasteiger partial charge in [0.25, 0.3) is 0 Å². The lowest BCUT2D eigenvalue weighted by atomic mass is 9.99. The Morgan fingerprint density at radius 2 is 2.05 bits per heavy atom. The fourth-order valence-electron chi connectivity index (χ4n) is 2.18. The molecule has 106 valence electrons. The van der Waals surface area contributed by atoms with Crippen LogP contribution in [0.4, 0.5) is 0 Å². The first kappa shape index (κ1) is 15.8. The fourth-order valence-corrected chi connectivity index (χ4v) is 3.34. The van der Waals surface area contributed by atoms with Crippen molar-refractivity contribution < 1.29 is 4.74 Å². The maximum absolute atomic E-state index is 5.27. The van der Waals surface area contributed by atoms with Crippen molar-refractivity contribution in [1.29, 1.82) is 0 Å². The van der Waals surface area contributed by atoms with E-state index in [1.165, 1.54) is 14.7 Å². The smallest absolute Gasteiger partial charge is 0.133 e. The quantitative estimate of drug-likeness (QED) is 0.681. The molecular weight excluding hydrogens is 429 g/mol. The Hall–Kier alpha value is -0.590. The van der Waals surface area contributed by atoms with E-state index >= 15 is 0 Å². The zero-order chi connectivity index (χ0) is 14.5. The van der Waals surface area contributed by atoms with Gasteiger partial charge in [0.1, 0.15) is 5.75 Å². The van der Waals surface area contributed by atoms with Crippen LogP contribution in [-0.4, -0.2) is 14.2 Å². The van der Waals surface area contributed by atoms with Crippen molar-refractivity contribution in [2.45, 2.75) is 12.5 Å². The van der Waals surface area contributed by atoms with Crippen molar-refractivity contribution in [3.63, 3.8) is 0 Å². The highest BCUT2D eigenvalue weighted by atomic mass is 127. The van der Waals surface area contributed by atoms with Gasteiger partial charge in [0.05, 0.1) is 11.6 Å². The molecule has 0 aromatic heterocycles. The number of methoxy groups -OCH3 is 1.